The van der Waals surface area contributed by atoms with Gasteiger partial charge < -0.3 is 14.0 Å². The third kappa shape index (κ3) is 6.05. The van der Waals surface area contributed by atoms with Crippen molar-refractivity contribution in [3.63, 3.8) is 0 Å². The van der Waals surface area contributed by atoms with E-state index in [0.717, 1.165) is 0 Å². The second-order valence-corrected chi connectivity index (χ2v) is 4.58. The van der Waals surface area contributed by atoms with E-state index in [1.807, 2.05) is 91.0 Å². The van der Waals surface area contributed by atoms with Crippen LogP contribution in [0.1, 0.15) is 0 Å². The quantitative estimate of drug-likeness (QED) is 0.647. The maximum atomic E-state index is 5.78. The van der Waals surface area contributed by atoms with E-state index in [0.29, 0.717) is 17.2 Å². The zero-order valence-corrected chi connectivity index (χ0v) is 12.0. The van der Waals surface area contributed by atoms with E-state index in [-0.39, 0.29) is 51.4 Å². The molecule has 0 N–H and O–H groups in total. The minimum absolute atomic E-state index is 0. The van der Waals surface area contributed by atoms with Gasteiger partial charge in [-0.3, -0.25) is 0 Å². The maximum absolute atomic E-state index is 5.78. The van der Waals surface area contributed by atoms with Gasteiger partial charge in [-0.15, -0.1) is 0 Å². The molecule has 3 aromatic carbocycles. The summed E-state index contributed by atoms with van der Waals surface area (Å²) in [7, 11) is -0.868. The normalized spacial score (nSPS) is 9.39. The first-order chi connectivity index (χ1) is 10.9. The Morgan fingerprint density at radius 3 is 0.957 bits per heavy atom. The molecule has 0 bridgehead atoms. The molecule has 5 heteroatoms. The fourth-order valence-corrected chi connectivity index (χ4v) is 1.90. The summed E-state index contributed by atoms with van der Waals surface area (Å²) >= 11 is 0. The molecule has 0 aliphatic rings. The third-order valence-electron chi connectivity index (χ3n) is 2.93. The SMILES string of the molecule is [KH].c1ccc(OB(Oc2ccccc2)Oc2ccccc2)cc1. The first kappa shape index (κ1) is 18.1. The van der Waals surface area contributed by atoms with Crippen LogP contribution in [0.2, 0.25) is 0 Å². The van der Waals surface area contributed by atoms with Crippen LogP contribution >= 0.6 is 0 Å². The Kier molecular flexibility index (Phi) is 7.72. The van der Waals surface area contributed by atoms with Crippen LogP contribution in [0, 0.1) is 0 Å². The molecule has 0 amide bonds. The molecular weight excluding hydrogens is 314 g/mol. The van der Waals surface area contributed by atoms with Crippen LogP contribution in [0.15, 0.2) is 91.0 Å². The van der Waals surface area contributed by atoms with Crippen molar-refractivity contribution in [2.75, 3.05) is 0 Å². The Labute approximate surface area is 179 Å². The average molecular weight is 330 g/mol. The van der Waals surface area contributed by atoms with Crippen molar-refractivity contribution in [1.82, 2.24) is 0 Å². The van der Waals surface area contributed by atoms with E-state index in [1.54, 1.807) is 0 Å². The minimum atomic E-state index is -0.868. The molecule has 0 saturated carbocycles. The summed E-state index contributed by atoms with van der Waals surface area (Å²) in [5, 5.41) is 0. The molecule has 0 saturated heterocycles. The summed E-state index contributed by atoms with van der Waals surface area (Å²) in [6.07, 6.45) is 0. The molecule has 3 nitrogen and oxygen atoms in total. The van der Waals surface area contributed by atoms with Gasteiger partial charge in [0, 0.05) is 0 Å². The molecule has 0 atom stereocenters. The van der Waals surface area contributed by atoms with Crippen molar-refractivity contribution in [3.8, 4) is 17.2 Å². The molecule has 23 heavy (non-hydrogen) atoms. The molecular formula is C18H16BKO3. The summed E-state index contributed by atoms with van der Waals surface area (Å²) in [5.41, 5.74) is 0. The molecule has 3 rings (SSSR count). The van der Waals surface area contributed by atoms with Gasteiger partial charge in [-0.1, -0.05) is 54.6 Å². The first-order valence-corrected chi connectivity index (χ1v) is 7.05. The van der Waals surface area contributed by atoms with Gasteiger partial charge in [-0.05, 0) is 36.4 Å². The van der Waals surface area contributed by atoms with Crippen molar-refractivity contribution in [2.45, 2.75) is 0 Å². The van der Waals surface area contributed by atoms with Crippen LogP contribution in [0.4, 0.5) is 0 Å². The summed E-state index contributed by atoms with van der Waals surface area (Å²) in [6, 6.07) is 28.3. The van der Waals surface area contributed by atoms with Crippen molar-refractivity contribution in [3.05, 3.63) is 91.0 Å². The molecule has 0 aliphatic heterocycles. The number of hydrogen-bond donors (Lipinski definition) is 0. The zero-order valence-electron chi connectivity index (χ0n) is 12.0. The Balaban J connectivity index is 0.00000192. The largest absolute Gasteiger partial charge is 0.864 e. The van der Waals surface area contributed by atoms with Crippen molar-refractivity contribution in [1.29, 1.82) is 0 Å². The fourth-order valence-electron chi connectivity index (χ4n) is 1.90. The Bertz CT molecular complexity index is 582. The summed E-state index contributed by atoms with van der Waals surface area (Å²) in [4.78, 5) is 0. The van der Waals surface area contributed by atoms with Crippen LogP contribution in [-0.4, -0.2) is 58.7 Å². The maximum Gasteiger partial charge on any atom is 0.864 e. The molecule has 0 aromatic heterocycles. The molecule has 0 radical (unpaired) electrons. The van der Waals surface area contributed by atoms with Crippen LogP contribution in [-0.2, 0) is 0 Å². The van der Waals surface area contributed by atoms with Crippen LogP contribution in [0.3, 0.4) is 0 Å². The summed E-state index contributed by atoms with van der Waals surface area (Å²) < 4.78 is 17.3. The van der Waals surface area contributed by atoms with Crippen molar-refractivity contribution in [2.24, 2.45) is 0 Å². The predicted octanol–water partition coefficient (Wildman–Crippen LogP) is 3.56. The van der Waals surface area contributed by atoms with Gasteiger partial charge >= 0.3 is 58.7 Å². The Morgan fingerprint density at radius 2 is 0.696 bits per heavy atom. The van der Waals surface area contributed by atoms with Crippen molar-refractivity contribution < 1.29 is 14.0 Å². The smallest absolute Gasteiger partial charge is 0.490 e. The Hall–Kier alpha value is -1.24. The van der Waals surface area contributed by atoms with E-state index in [1.165, 1.54) is 0 Å². The second kappa shape index (κ2) is 9.80. The van der Waals surface area contributed by atoms with E-state index in [2.05, 4.69) is 0 Å². The number of benzene rings is 3. The zero-order chi connectivity index (χ0) is 15.0. The number of hydrogen-bond acceptors (Lipinski definition) is 3. The minimum Gasteiger partial charge on any atom is -0.490 e. The molecule has 3 aromatic rings. The topological polar surface area (TPSA) is 27.7 Å². The summed E-state index contributed by atoms with van der Waals surface area (Å²) in [6.45, 7) is 0. The monoisotopic (exact) mass is 330 g/mol. The molecule has 0 spiro atoms. The first-order valence-electron chi connectivity index (χ1n) is 7.05. The van der Waals surface area contributed by atoms with Gasteiger partial charge in [-0.25, -0.2) is 0 Å². The standard InChI is InChI=1S/C18H15BO3.K.H/c1-4-10-16(11-5-1)20-19(21-17-12-6-2-7-13-17)22-18-14-8-3-9-15-18;;/h1-15H;;. The van der Waals surface area contributed by atoms with Crippen LogP contribution in [0.25, 0.3) is 0 Å². The van der Waals surface area contributed by atoms with E-state index >= 15 is 0 Å². The number of para-hydroxylation sites is 3. The molecule has 0 fully saturated rings. The molecule has 110 valence electrons. The van der Waals surface area contributed by atoms with E-state index < -0.39 is 7.32 Å². The molecule has 0 unspecified atom stereocenters. The molecule has 0 heterocycles. The predicted molar refractivity (Wildman–Crippen MR) is 94.1 cm³/mol. The summed E-state index contributed by atoms with van der Waals surface area (Å²) in [5.74, 6) is 2.04. The van der Waals surface area contributed by atoms with Crippen LogP contribution < -0.4 is 14.0 Å². The Morgan fingerprint density at radius 1 is 0.435 bits per heavy atom. The van der Waals surface area contributed by atoms with E-state index in [4.69, 9.17) is 14.0 Å². The van der Waals surface area contributed by atoms with E-state index in [9.17, 15) is 0 Å². The fraction of sp³-hybridized carbons (Fsp3) is 0. The van der Waals surface area contributed by atoms with Gasteiger partial charge in [0.25, 0.3) is 0 Å². The van der Waals surface area contributed by atoms with Crippen molar-refractivity contribution >= 4 is 58.7 Å². The average Bonchev–Trinajstić information content (AvgIpc) is 2.57. The second-order valence-electron chi connectivity index (χ2n) is 4.58. The van der Waals surface area contributed by atoms with Gasteiger partial charge in [0.1, 0.15) is 17.2 Å². The third-order valence-corrected chi connectivity index (χ3v) is 2.93. The van der Waals surface area contributed by atoms with Gasteiger partial charge in [0.05, 0.1) is 0 Å². The number of rotatable bonds is 6. The van der Waals surface area contributed by atoms with Gasteiger partial charge in [-0.2, -0.15) is 0 Å². The molecule has 0 aliphatic carbocycles. The van der Waals surface area contributed by atoms with Gasteiger partial charge in [0.15, 0.2) is 0 Å². The van der Waals surface area contributed by atoms with Crippen LogP contribution in [0.5, 0.6) is 17.2 Å². The van der Waals surface area contributed by atoms with Gasteiger partial charge in [0.2, 0.25) is 0 Å².